The first-order valence-corrected chi connectivity index (χ1v) is 9.22. The molecule has 0 atom stereocenters. The lowest BCUT2D eigenvalue weighted by Gasteiger charge is -2.12. The molecule has 0 amide bonds. The number of hydrogen-bond acceptors (Lipinski definition) is 4. The van der Waals surface area contributed by atoms with Gasteiger partial charge in [0.05, 0.1) is 22.8 Å². The Morgan fingerprint density at radius 2 is 1.71 bits per heavy atom. The Labute approximate surface area is 142 Å². The van der Waals surface area contributed by atoms with Gasteiger partial charge in [0.15, 0.2) is 0 Å². The van der Waals surface area contributed by atoms with Gasteiger partial charge in [-0.3, -0.25) is 4.72 Å². The lowest BCUT2D eigenvalue weighted by Crippen LogP contribution is -2.16. The molecule has 128 valence electrons. The summed E-state index contributed by atoms with van der Waals surface area (Å²) in [6.07, 6.45) is 0. The standard InChI is InChI=1S/C18H21NO4S/c1-4-23-18(20)16-7-5-6-8-17(16)19-24(21,22)15-11-9-14(10-12-15)13(2)3/h5-13,19H,4H2,1-3H3. The third-order valence-corrected chi connectivity index (χ3v) is 4.91. The Morgan fingerprint density at radius 3 is 2.29 bits per heavy atom. The van der Waals surface area contributed by atoms with Crippen molar-refractivity contribution < 1.29 is 17.9 Å². The summed E-state index contributed by atoms with van der Waals surface area (Å²) in [7, 11) is -3.78. The molecule has 0 aliphatic heterocycles. The maximum Gasteiger partial charge on any atom is 0.340 e. The van der Waals surface area contributed by atoms with Gasteiger partial charge in [0, 0.05) is 0 Å². The van der Waals surface area contributed by atoms with E-state index in [1.54, 1.807) is 43.3 Å². The molecular formula is C18H21NO4S. The van der Waals surface area contributed by atoms with Crippen LogP contribution < -0.4 is 4.72 Å². The van der Waals surface area contributed by atoms with E-state index in [0.717, 1.165) is 5.56 Å². The molecule has 2 aromatic rings. The Balaban J connectivity index is 2.31. The molecule has 1 N–H and O–H groups in total. The molecule has 2 rings (SSSR count). The van der Waals surface area contributed by atoms with Crippen molar-refractivity contribution in [3.63, 3.8) is 0 Å². The van der Waals surface area contributed by atoms with E-state index in [1.165, 1.54) is 12.1 Å². The third-order valence-electron chi connectivity index (χ3n) is 3.52. The summed E-state index contributed by atoms with van der Waals surface area (Å²) in [4.78, 5) is 12.1. The van der Waals surface area contributed by atoms with Crippen LogP contribution in [0.5, 0.6) is 0 Å². The summed E-state index contributed by atoms with van der Waals surface area (Å²) in [6.45, 7) is 5.99. The van der Waals surface area contributed by atoms with Crippen LogP contribution in [-0.2, 0) is 14.8 Å². The van der Waals surface area contributed by atoms with E-state index in [-0.39, 0.29) is 22.8 Å². The van der Waals surface area contributed by atoms with Crippen LogP contribution in [0, 0.1) is 0 Å². The van der Waals surface area contributed by atoms with Crippen molar-refractivity contribution in [2.24, 2.45) is 0 Å². The van der Waals surface area contributed by atoms with Crippen LogP contribution in [0.25, 0.3) is 0 Å². The molecule has 0 fully saturated rings. The zero-order valence-electron chi connectivity index (χ0n) is 13.9. The van der Waals surface area contributed by atoms with Crippen LogP contribution in [0.3, 0.4) is 0 Å². The van der Waals surface area contributed by atoms with Crippen molar-refractivity contribution in [2.45, 2.75) is 31.6 Å². The van der Waals surface area contributed by atoms with Gasteiger partial charge in [0.1, 0.15) is 0 Å². The van der Waals surface area contributed by atoms with Crippen molar-refractivity contribution in [1.29, 1.82) is 0 Å². The fourth-order valence-electron chi connectivity index (χ4n) is 2.19. The molecule has 0 aliphatic rings. The molecule has 5 nitrogen and oxygen atoms in total. The number of para-hydroxylation sites is 1. The Bertz CT molecular complexity index is 811. The fraction of sp³-hybridized carbons (Fsp3) is 0.278. The van der Waals surface area contributed by atoms with Crippen LogP contribution >= 0.6 is 0 Å². The molecule has 0 heterocycles. The van der Waals surface area contributed by atoms with Crippen LogP contribution in [0.1, 0.15) is 42.6 Å². The molecule has 0 saturated heterocycles. The number of carbonyl (C=O) groups excluding carboxylic acids is 1. The first-order valence-electron chi connectivity index (χ1n) is 7.74. The number of benzene rings is 2. The fourth-order valence-corrected chi connectivity index (χ4v) is 3.27. The lowest BCUT2D eigenvalue weighted by molar-refractivity contribution is 0.0527. The van der Waals surface area contributed by atoms with Crippen molar-refractivity contribution in [1.82, 2.24) is 0 Å². The maximum absolute atomic E-state index is 12.6. The quantitative estimate of drug-likeness (QED) is 0.807. The average molecular weight is 347 g/mol. The lowest BCUT2D eigenvalue weighted by atomic mass is 10.0. The Hall–Kier alpha value is -2.34. The van der Waals surface area contributed by atoms with Gasteiger partial charge in [-0.2, -0.15) is 0 Å². The van der Waals surface area contributed by atoms with Crippen LogP contribution in [0.15, 0.2) is 53.4 Å². The number of carbonyl (C=O) groups is 1. The molecule has 0 aromatic heterocycles. The van der Waals surface area contributed by atoms with Crippen molar-refractivity contribution in [2.75, 3.05) is 11.3 Å². The third kappa shape index (κ3) is 4.14. The van der Waals surface area contributed by atoms with Crippen LogP contribution in [-0.4, -0.2) is 21.0 Å². The molecule has 0 bridgehead atoms. The van der Waals surface area contributed by atoms with E-state index < -0.39 is 16.0 Å². The highest BCUT2D eigenvalue weighted by Gasteiger charge is 2.19. The highest BCUT2D eigenvalue weighted by Crippen LogP contribution is 2.22. The van der Waals surface area contributed by atoms with Crippen molar-refractivity contribution in [3.8, 4) is 0 Å². The number of ether oxygens (including phenoxy) is 1. The maximum atomic E-state index is 12.6. The average Bonchev–Trinajstić information content (AvgIpc) is 2.55. The molecule has 6 heteroatoms. The smallest absolute Gasteiger partial charge is 0.340 e. The number of esters is 1. The molecule has 2 aromatic carbocycles. The minimum absolute atomic E-state index is 0.144. The Kier molecular flexibility index (Phi) is 5.62. The second kappa shape index (κ2) is 7.49. The first-order chi connectivity index (χ1) is 11.3. The number of anilines is 1. The minimum atomic E-state index is -3.78. The Morgan fingerprint density at radius 1 is 1.08 bits per heavy atom. The zero-order chi connectivity index (χ0) is 17.7. The predicted molar refractivity (Wildman–Crippen MR) is 93.7 cm³/mol. The largest absolute Gasteiger partial charge is 0.462 e. The molecule has 0 radical (unpaired) electrons. The van der Waals surface area contributed by atoms with E-state index >= 15 is 0 Å². The molecule has 0 saturated carbocycles. The van der Waals surface area contributed by atoms with Gasteiger partial charge >= 0.3 is 5.97 Å². The summed E-state index contributed by atoms with van der Waals surface area (Å²) in [6, 6.07) is 13.1. The van der Waals surface area contributed by atoms with Gasteiger partial charge in [-0.15, -0.1) is 0 Å². The van der Waals surface area contributed by atoms with Gasteiger partial charge in [0.2, 0.25) is 0 Å². The van der Waals surface area contributed by atoms with E-state index in [9.17, 15) is 13.2 Å². The second-order valence-corrected chi connectivity index (χ2v) is 7.28. The van der Waals surface area contributed by atoms with Crippen molar-refractivity contribution >= 4 is 21.7 Å². The number of hydrogen-bond donors (Lipinski definition) is 1. The van der Waals surface area contributed by atoms with Gasteiger partial charge in [0.25, 0.3) is 10.0 Å². The number of rotatable bonds is 6. The minimum Gasteiger partial charge on any atom is -0.462 e. The zero-order valence-corrected chi connectivity index (χ0v) is 14.8. The number of nitrogens with one attached hydrogen (secondary N) is 1. The monoisotopic (exact) mass is 347 g/mol. The summed E-state index contributed by atoms with van der Waals surface area (Å²) in [5.41, 5.74) is 1.44. The predicted octanol–water partition coefficient (Wildman–Crippen LogP) is 3.79. The van der Waals surface area contributed by atoms with Gasteiger partial charge < -0.3 is 4.74 Å². The summed E-state index contributed by atoms with van der Waals surface area (Å²) in [5, 5.41) is 0. The van der Waals surface area contributed by atoms with Gasteiger partial charge in [-0.05, 0) is 42.7 Å². The first kappa shape index (κ1) is 18.0. The topological polar surface area (TPSA) is 72.5 Å². The van der Waals surface area contributed by atoms with Gasteiger partial charge in [-0.1, -0.05) is 38.1 Å². The van der Waals surface area contributed by atoms with E-state index in [2.05, 4.69) is 4.72 Å². The number of sulfonamides is 1. The van der Waals surface area contributed by atoms with E-state index in [0.29, 0.717) is 5.92 Å². The molecular weight excluding hydrogens is 326 g/mol. The van der Waals surface area contributed by atoms with Gasteiger partial charge in [-0.25, -0.2) is 13.2 Å². The van der Waals surface area contributed by atoms with Crippen molar-refractivity contribution in [3.05, 3.63) is 59.7 Å². The normalized spacial score (nSPS) is 11.3. The van der Waals surface area contributed by atoms with Crippen LogP contribution in [0.4, 0.5) is 5.69 Å². The molecule has 0 unspecified atom stereocenters. The van der Waals surface area contributed by atoms with E-state index in [4.69, 9.17) is 4.74 Å². The highest BCUT2D eigenvalue weighted by atomic mass is 32.2. The van der Waals surface area contributed by atoms with E-state index in [1.807, 2.05) is 13.8 Å². The summed E-state index contributed by atoms with van der Waals surface area (Å²) in [5.74, 6) is -0.245. The van der Waals surface area contributed by atoms with Crippen LogP contribution in [0.2, 0.25) is 0 Å². The summed E-state index contributed by atoms with van der Waals surface area (Å²) < 4.78 is 32.5. The second-order valence-electron chi connectivity index (χ2n) is 5.60. The molecule has 0 aliphatic carbocycles. The molecule has 0 spiro atoms. The highest BCUT2D eigenvalue weighted by molar-refractivity contribution is 7.92. The SMILES string of the molecule is CCOC(=O)c1ccccc1NS(=O)(=O)c1ccc(C(C)C)cc1. The molecule has 24 heavy (non-hydrogen) atoms. The summed E-state index contributed by atoms with van der Waals surface area (Å²) >= 11 is 0.